The van der Waals surface area contributed by atoms with Crippen molar-refractivity contribution in [2.45, 2.75) is 0 Å². The van der Waals surface area contributed by atoms with E-state index in [0.29, 0.717) is 5.56 Å². The van der Waals surface area contributed by atoms with Gasteiger partial charge in [-0.15, -0.1) is 0 Å². The maximum atomic E-state index is 13.0. The van der Waals surface area contributed by atoms with E-state index in [9.17, 15) is 4.79 Å². The van der Waals surface area contributed by atoms with Gasteiger partial charge >= 0.3 is 0 Å². The van der Waals surface area contributed by atoms with Crippen molar-refractivity contribution in [2.75, 3.05) is 5.32 Å². The van der Waals surface area contributed by atoms with Crippen LogP contribution in [0.25, 0.3) is 38.6 Å². The molecule has 1 N–H and O–H groups in total. The van der Waals surface area contributed by atoms with Crippen LogP contribution < -0.4 is 5.32 Å². The summed E-state index contributed by atoms with van der Waals surface area (Å²) in [6.45, 7) is 0. The summed E-state index contributed by atoms with van der Waals surface area (Å²) in [5.41, 5.74) is 6.85. The average Bonchev–Trinajstić information content (AvgIpc) is 3.25. The zero-order chi connectivity index (χ0) is 22.9. The highest BCUT2D eigenvalue weighted by atomic mass is 16.1. The van der Waals surface area contributed by atoms with Crippen molar-refractivity contribution in [3.05, 3.63) is 133 Å². The second-order valence-electron chi connectivity index (χ2n) is 8.26. The lowest BCUT2D eigenvalue weighted by atomic mass is 10.00. The third-order valence-corrected chi connectivity index (χ3v) is 6.21. The molecule has 0 bridgehead atoms. The molecule has 0 aliphatic rings. The molecule has 0 radical (unpaired) electrons. The summed E-state index contributed by atoms with van der Waals surface area (Å²) in [5.74, 6) is -0.121. The van der Waals surface area contributed by atoms with Gasteiger partial charge in [0.15, 0.2) is 0 Å². The summed E-state index contributed by atoms with van der Waals surface area (Å²) in [7, 11) is 0. The SMILES string of the molecule is O=C(Nc1ccccc1-c1cccc2c3ccccc3n(-c3ccccc3)c12)c1ccccc1. The predicted molar refractivity (Wildman–Crippen MR) is 141 cm³/mol. The van der Waals surface area contributed by atoms with Gasteiger partial charge in [-0.05, 0) is 36.4 Å². The van der Waals surface area contributed by atoms with Crippen molar-refractivity contribution in [3.8, 4) is 16.8 Å². The van der Waals surface area contributed by atoms with Gasteiger partial charge in [0, 0.05) is 38.8 Å². The largest absolute Gasteiger partial charge is 0.321 e. The summed E-state index contributed by atoms with van der Waals surface area (Å²) < 4.78 is 2.32. The van der Waals surface area contributed by atoms with Crippen molar-refractivity contribution < 1.29 is 4.79 Å². The Kier molecular flexibility index (Phi) is 4.93. The Morgan fingerprint density at radius 1 is 0.559 bits per heavy atom. The summed E-state index contributed by atoms with van der Waals surface area (Å²) in [6.07, 6.45) is 0. The van der Waals surface area contributed by atoms with Gasteiger partial charge in [-0.2, -0.15) is 0 Å². The summed E-state index contributed by atoms with van der Waals surface area (Å²) in [4.78, 5) is 13.0. The monoisotopic (exact) mass is 438 g/mol. The molecule has 0 aliphatic carbocycles. The highest BCUT2D eigenvalue weighted by molar-refractivity contribution is 6.15. The first-order chi connectivity index (χ1) is 16.8. The van der Waals surface area contributed by atoms with Gasteiger partial charge in [0.2, 0.25) is 0 Å². The number of nitrogens with zero attached hydrogens (tertiary/aromatic N) is 1. The molecule has 1 aromatic heterocycles. The second-order valence-corrected chi connectivity index (χ2v) is 8.26. The van der Waals surface area contributed by atoms with Crippen LogP contribution in [0.2, 0.25) is 0 Å². The number of carbonyl (C=O) groups excluding carboxylic acids is 1. The average molecular weight is 439 g/mol. The van der Waals surface area contributed by atoms with Gasteiger partial charge in [-0.3, -0.25) is 4.79 Å². The Bertz CT molecular complexity index is 1630. The Balaban J connectivity index is 1.60. The Morgan fingerprint density at radius 2 is 1.18 bits per heavy atom. The van der Waals surface area contributed by atoms with Gasteiger partial charge in [-0.1, -0.05) is 91.0 Å². The van der Waals surface area contributed by atoms with E-state index in [1.165, 1.54) is 10.8 Å². The van der Waals surface area contributed by atoms with Crippen LogP contribution in [0.1, 0.15) is 10.4 Å². The van der Waals surface area contributed by atoms with Crippen molar-refractivity contribution in [1.29, 1.82) is 0 Å². The van der Waals surface area contributed by atoms with Crippen LogP contribution in [0.4, 0.5) is 5.69 Å². The molecule has 5 aromatic carbocycles. The first-order valence-corrected chi connectivity index (χ1v) is 11.3. The fourth-order valence-electron chi connectivity index (χ4n) is 4.69. The molecule has 1 amide bonds. The van der Waals surface area contributed by atoms with E-state index >= 15 is 0 Å². The molecule has 6 aromatic rings. The number of carbonyl (C=O) groups is 1. The van der Waals surface area contributed by atoms with Crippen molar-refractivity contribution in [3.63, 3.8) is 0 Å². The quantitative estimate of drug-likeness (QED) is 0.301. The summed E-state index contributed by atoms with van der Waals surface area (Å²) >= 11 is 0. The first-order valence-electron chi connectivity index (χ1n) is 11.3. The maximum absolute atomic E-state index is 13.0. The first kappa shape index (κ1) is 20.0. The van der Waals surface area contributed by atoms with Gasteiger partial charge in [-0.25, -0.2) is 0 Å². The fourth-order valence-corrected chi connectivity index (χ4v) is 4.69. The van der Waals surface area contributed by atoms with E-state index in [1.54, 1.807) is 0 Å². The summed E-state index contributed by atoms with van der Waals surface area (Å²) in [6, 6.07) is 42.6. The molecule has 0 saturated carbocycles. The van der Waals surface area contributed by atoms with Gasteiger partial charge < -0.3 is 9.88 Å². The molecule has 0 atom stereocenters. The molecule has 1 heterocycles. The van der Waals surface area contributed by atoms with Crippen molar-refractivity contribution in [1.82, 2.24) is 4.57 Å². The summed E-state index contributed by atoms with van der Waals surface area (Å²) in [5, 5.41) is 5.52. The number of anilines is 1. The zero-order valence-electron chi connectivity index (χ0n) is 18.5. The number of benzene rings is 5. The third-order valence-electron chi connectivity index (χ3n) is 6.21. The lowest BCUT2D eigenvalue weighted by Gasteiger charge is -2.15. The Morgan fingerprint density at radius 3 is 2.00 bits per heavy atom. The molecule has 3 heteroatoms. The van der Waals surface area contributed by atoms with Crippen LogP contribution in [-0.2, 0) is 0 Å². The van der Waals surface area contributed by atoms with E-state index in [1.807, 2.05) is 54.6 Å². The number of hydrogen-bond donors (Lipinski definition) is 1. The van der Waals surface area contributed by atoms with Gasteiger partial charge in [0.1, 0.15) is 0 Å². The molecule has 34 heavy (non-hydrogen) atoms. The standard InChI is InChI=1S/C31H22N2O/c34-31(22-12-3-1-4-13-22)32-28-20-9-7-16-24(28)26-18-11-19-27-25-17-8-10-21-29(25)33(30(26)27)23-14-5-2-6-15-23/h1-21H,(H,32,34). The molecule has 3 nitrogen and oxygen atoms in total. The molecule has 6 rings (SSSR count). The number of nitrogens with one attached hydrogen (secondary N) is 1. The second kappa shape index (κ2) is 8.38. The van der Waals surface area contributed by atoms with E-state index < -0.39 is 0 Å². The molecular formula is C31H22N2O. The van der Waals surface area contributed by atoms with E-state index in [-0.39, 0.29) is 5.91 Å². The number of para-hydroxylation sites is 4. The molecule has 0 aliphatic heterocycles. The van der Waals surface area contributed by atoms with Gasteiger partial charge in [0.05, 0.1) is 11.0 Å². The van der Waals surface area contributed by atoms with Crippen LogP contribution in [0, 0.1) is 0 Å². The lowest BCUT2D eigenvalue weighted by molar-refractivity contribution is 0.102. The number of hydrogen-bond acceptors (Lipinski definition) is 1. The fraction of sp³-hybridized carbons (Fsp3) is 0. The molecule has 0 fully saturated rings. The minimum absolute atomic E-state index is 0.121. The number of rotatable bonds is 4. The van der Waals surface area contributed by atoms with E-state index in [4.69, 9.17) is 0 Å². The van der Waals surface area contributed by atoms with E-state index in [2.05, 4.69) is 82.7 Å². The minimum atomic E-state index is -0.121. The molecule has 0 unspecified atom stereocenters. The molecule has 162 valence electrons. The topological polar surface area (TPSA) is 34.0 Å². The smallest absolute Gasteiger partial charge is 0.255 e. The number of amides is 1. The lowest BCUT2D eigenvalue weighted by Crippen LogP contribution is -2.12. The predicted octanol–water partition coefficient (Wildman–Crippen LogP) is 7.70. The van der Waals surface area contributed by atoms with Crippen LogP contribution in [0.5, 0.6) is 0 Å². The highest BCUT2D eigenvalue weighted by Gasteiger charge is 2.18. The Labute approximate surface area is 197 Å². The maximum Gasteiger partial charge on any atom is 0.255 e. The third kappa shape index (κ3) is 3.35. The van der Waals surface area contributed by atoms with Crippen LogP contribution in [0.3, 0.4) is 0 Å². The molecular weight excluding hydrogens is 416 g/mol. The van der Waals surface area contributed by atoms with Crippen LogP contribution in [-0.4, -0.2) is 10.5 Å². The van der Waals surface area contributed by atoms with Gasteiger partial charge in [0.25, 0.3) is 5.91 Å². The van der Waals surface area contributed by atoms with Crippen molar-refractivity contribution in [2.24, 2.45) is 0 Å². The van der Waals surface area contributed by atoms with E-state index in [0.717, 1.165) is 33.5 Å². The van der Waals surface area contributed by atoms with Crippen molar-refractivity contribution >= 4 is 33.4 Å². The Hall–Kier alpha value is -4.63. The van der Waals surface area contributed by atoms with Crippen LogP contribution >= 0.6 is 0 Å². The minimum Gasteiger partial charge on any atom is -0.321 e. The van der Waals surface area contributed by atoms with Crippen LogP contribution in [0.15, 0.2) is 127 Å². The highest BCUT2D eigenvalue weighted by Crippen LogP contribution is 2.40. The normalized spacial score (nSPS) is 11.1. The molecule has 0 saturated heterocycles. The number of fused-ring (bicyclic) bond motifs is 3. The number of aromatic nitrogens is 1. The zero-order valence-corrected chi connectivity index (χ0v) is 18.5. The molecule has 0 spiro atoms.